The molecule has 424 valence electrons. The molecule has 2 aromatic heterocycles. The maximum Gasteiger partial charge on any atom is 0.407 e. The monoisotopic (exact) mass is 1110 g/mol. The Kier molecular flexibility index (Phi) is 18.9. The number of hydrogen-bond donors (Lipinski definition) is 6. The van der Waals surface area contributed by atoms with Crippen LogP contribution in [0.3, 0.4) is 0 Å². The number of aromatic nitrogens is 3. The number of carbonyl (C=O) groups is 4. The van der Waals surface area contributed by atoms with Crippen molar-refractivity contribution in [2.45, 2.75) is 95.9 Å². The van der Waals surface area contributed by atoms with Crippen molar-refractivity contribution in [3.05, 3.63) is 101 Å². The first kappa shape index (κ1) is 60.0. The zero-order valence-electron chi connectivity index (χ0n) is 42.7. The lowest BCUT2D eigenvalue weighted by Crippen LogP contribution is -2.63. The lowest BCUT2D eigenvalue weighted by atomic mass is 9.82. The van der Waals surface area contributed by atoms with Gasteiger partial charge in [-0.25, -0.2) is 33.0 Å². The van der Waals surface area contributed by atoms with Gasteiger partial charge in [0, 0.05) is 72.9 Å². The molecule has 78 heavy (non-hydrogen) atoms. The van der Waals surface area contributed by atoms with Crippen LogP contribution in [0.1, 0.15) is 56.5 Å². The second-order valence-electron chi connectivity index (χ2n) is 19.6. The summed E-state index contributed by atoms with van der Waals surface area (Å²) >= 11 is 0. The molecule has 2 aliphatic rings. The van der Waals surface area contributed by atoms with Gasteiger partial charge in [-0.1, -0.05) is 24.0 Å². The van der Waals surface area contributed by atoms with Gasteiger partial charge in [-0.2, -0.15) is 40.2 Å². The van der Waals surface area contributed by atoms with Crippen molar-refractivity contribution in [2.75, 3.05) is 52.0 Å². The summed E-state index contributed by atoms with van der Waals surface area (Å²) in [4.78, 5) is 59.5. The molecule has 18 nitrogen and oxygen atoms in total. The van der Waals surface area contributed by atoms with Crippen LogP contribution in [0.25, 0.3) is 11.3 Å². The number of hydrogen-bond acceptors (Lipinski definition) is 13. The number of carbonyl (C=O) groups excluding carboxylic acids is 4. The number of aliphatic hydroxyl groups excluding tert-OH is 1. The van der Waals surface area contributed by atoms with E-state index in [9.17, 15) is 59.4 Å². The number of methoxy groups -OCH3 is 2. The average molecular weight is 1120 g/mol. The number of aliphatic hydroxyl groups is 1. The Morgan fingerprint density at radius 3 is 1.85 bits per heavy atom. The summed E-state index contributed by atoms with van der Waals surface area (Å²) in [6, 6.07) is 5.50. The minimum Gasteiger partial charge on any atom is -0.453 e. The molecular weight excluding hydrogens is 1060 g/mol. The van der Waals surface area contributed by atoms with Crippen LogP contribution in [0, 0.1) is 34.3 Å². The first-order chi connectivity index (χ1) is 36.5. The third-order valence-electron chi connectivity index (χ3n) is 13.2. The number of nitrogens with zero attached hydrogens (tertiary/aromatic N) is 5. The number of morpholine rings is 1. The third-order valence-corrected chi connectivity index (χ3v) is 13.2. The number of benzene rings is 2. The van der Waals surface area contributed by atoms with Gasteiger partial charge in [0.25, 0.3) is 5.91 Å². The van der Waals surface area contributed by atoms with E-state index in [1.165, 1.54) is 24.3 Å². The summed E-state index contributed by atoms with van der Waals surface area (Å²) in [7, 11) is 1.60. The van der Waals surface area contributed by atoms with Crippen LogP contribution in [0.5, 0.6) is 0 Å². The number of alkyl carbamates (subject to hydrolysis) is 2. The minimum atomic E-state index is -5.23. The molecular formula is C50H56F10N10O8. The lowest BCUT2D eigenvalue weighted by molar-refractivity contribution is -0.221. The number of fused-ring (bicyclic) bond motifs is 2. The van der Waals surface area contributed by atoms with Gasteiger partial charge in [-0.05, 0) is 82.1 Å². The fourth-order valence-corrected chi connectivity index (χ4v) is 8.35. The van der Waals surface area contributed by atoms with Crippen LogP contribution in [0.4, 0.5) is 59.3 Å². The van der Waals surface area contributed by atoms with Gasteiger partial charge in [0.15, 0.2) is 0 Å². The summed E-state index contributed by atoms with van der Waals surface area (Å²) in [6.07, 6.45) is -13.6. The van der Waals surface area contributed by atoms with Crippen molar-refractivity contribution >= 4 is 29.8 Å². The van der Waals surface area contributed by atoms with Crippen LogP contribution < -0.4 is 31.6 Å². The first-order valence-electron chi connectivity index (χ1n) is 23.8. The number of ether oxygens (including phenoxy) is 3. The van der Waals surface area contributed by atoms with Crippen molar-refractivity contribution < 1.29 is 82.4 Å². The Labute approximate surface area is 440 Å². The normalized spacial score (nSPS) is 17.5. The molecule has 2 saturated heterocycles. The number of piperazine rings is 1. The van der Waals surface area contributed by atoms with Gasteiger partial charge >= 0.3 is 31.1 Å². The van der Waals surface area contributed by atoms with Crippen molar-refractivity contribution in [1.29, 1.82) is 0 Å². The quantitative estimate of drug-likeness (QED) is 0.0399. The van der Waals surface area contributed by atoms with Gasteiger partial charge in [-0.3, -0.25) is 15.0 Å². The van der Waals surface area contributed by atoms with Gasteiger partial charge in [-0.15, -0.1) is 0 Å². The van der Waals surface area contributed by atoms with Gasteiger partial charge in [0.2, 0.25) is 5.91 Å². The molecule has 2 fully saturated rings. The Morgan fingerprint density at radius 1 is 0.808 bits per heavy atom. The zero-order valence-corrected chi connectivity index (χ0v) is 42.7. The molecule has 4 amide bonds. The Balaban J connectivity index is 1.34. The predicted octanol–water partition coefficient (Wildman–Crippen LogP) is 5.74. The number of rotatable bonds is 18. The van der Waals surface area contributed by atoms with Gasteiger partial charge in [0.05, 0.1) is 56.1 Å². The number of halogens is 10. The van der Waals surface area contributed by atoms with E-state index in [1.54, 1.807) is 17.6 Å². The molecule has 6 rings (SSSR count). The molecule has 2 aliphatic heterocycles. The van der Waals surface area contributed by atoms with Crippen molar-refractivity contribution in [2.24, 2.45) is 10.8 Å². The molecule has 4 heterocycles. The fraction of sp³-hybridized carbons (Fsp3) is 0.480. The van der Waals surface area contributed by atoms with Crippen LogP contribution in [0.2, 0.25) is 0 Å². The summed E-state index contributed by atoms with van der Waals surface area (Å²) in [6.45, 7) is -0.579. The summed E-state index contributed by atoms with van der Waals surface area (Å²) in [5.41, 5.74) is -4.47. The number of pyridine rings is 1. The van der Waals surface area contributed by atoms with Crippen molar-refractivity contribution in [3.8, 4) is 23.1 Å². The Morgan fingerprint density at radius 2 is 1.35 bits per heavy atom. The lowest BCUT2D eigenvalue weighted by Gasteiger charge is -2.42. The first-order valence-corrected chi connectivity index (χ1v) is 23.8. The number of alkyl halides is 8. The van der Waals surface area contributed by atoms with Gasteiger partial charge < -0.3 is 45.5 Å². The molecule has 6 unspecified atom stereocenters. The molecule has 2 aromatic carbocycles. The molecule has 6 N–H and O–H groups in total. The largest absolute Gasteiger partial charge is 0.453 e. The van der Waals surface area contributed by atoms with E-state index in [-0.39, 0.29) is 33.6 Å². The molecule has 2 bridgehead atoms. The number of hydrazine groups is 1. The van der Waals surface area contributed by atoms with E-state index < -0.39 is 115 Å². The van der Waals surface area contributed by atoms with Crippen LogP contribution >= 0.6 is 0 Å². The van der Waals surface area contributed by atoms with E-state index in [1.807, 2.05) is 16.8 Å². The summed E-state index contributed by atoms with van der Waals surface area (Å²) in [5, 5.41) is 25.5. The number of anilines is 1. The SMILES string of the molecule is COC(=O)NC(C(=O)NC(Cc1ccc(C#Cc2ccc(N3CC4COCC(C3)N4)nc2)cc1)C(O)CN(Cc1c(F)cc(-c2ccn(C(F)F)n2)cc1F)NC(=O)C(NC(=O)OC)C(C)(C)C(F)(F)F)C(C)(C)C(F)(F)F. The molecule has 0 radical (unpaired) electrons. The predicted molar refractivity (Wildman–Crippen MR) is 258 cm³/mol. The maximum absolute atomic E-state index is 16.0. The fourth-order valence-electron chi connectivity index (χ4n) is 8.35. The van der Waals surface area contributed by atoms with Crippen LogP contribution in [-0.4, -0.2) is 145 Å². The smallest absolute Gasteiger partial charge is 0.407 e. The minimum absolute atomic E-state index is 0.164. The highest BCUT2D eigenvalue weighted by molar-refractivity contribution is 5.87. The molecule has 0 spiro atoms. The molecule has 28 heteroatoms. The summed E-state index contributed by atoms with van der Waals surface area (Å²) < 4.78 is 160. The molecule has 6 atom stereocenters. The van der Waals surface area contributed by atoms with Crippen molar-refractivity contribution in [3.63, 3.8) is 0 Å². The van der Waals surface area contributed by atoms with Gasteiger partial charge in [0.1, 0.15) is 29.5 Å². The maximum atomic E-state index is 16.0. The Bertz CT molecular complexity index is 2790. The summed E-state index contributed by atoms with van der Waals surface area (Å²) in [5.74, 6) is 0.646. The van der Waals surface area contributed by atoms with E-state index in [0.717, 1.165) is 32.3 Å². The second-order valence-corrected chi connectivity index (χ2v) is 19.6. The molecule has 0 saturated carbocycles. The van der Waals surface area contributed by atoms with Crippen LogP contribution in [-0.2, 0) is 36.8 Å². The third kappa shape index (κ3) is 14.7. The van der Waals surface area contributed by atoms with E-state index >= 15 is 8.78 Å². The molecule has 4 aromatic rings. The number of nitrogens with one attached hydrogen (secondary N) is 5. The zero-order chi connectivity index (χ0) is 57.5. The van der Waals surface area contributed by atoms with E-state index in [2.05, 4.69) is 46.9 Å². The Hall–Kier alpha value is -7.22. The number of amides is 4. The highest BCUT2D eigenvalue weighted by atomic mass is 19.4. The highest BCUT2D eigenvalue weighted by Crippen LogP contribution is 2.42. The van der Waals surface area contributed by atoms with E-state index in [4.69, 9.17) is 4.74 Å². The standard InChI is InChI=1S/C50H56F10N10O8/c1-47(2,49(55,56)57)40(64-45(74)76-5)42(72)63-37(17-28-10-7-27(8-11-28)9-12-29-13-14-39(61-20-29)68-21-31-25-78-26-32(22-68)62-31)38(71)24-69(67-43(73)41(65-46(75)77-6)48(3,4)50(58,59)60)23-33-34(51)18-30(19-35(33)52)36-15-16-70(66-36)44(53)54/h7-8,10-11,13-16,18-20,31-32,37-38,40-41,44,62,71H,17,21-26H2,1-6H3,(H,63,72)(H,64,74)(H,65,75)(H,67,73). The van der Waals surface area contributed by atoms with Crippen molar-refractivity contribution in [1.82, 2.24) is 46.5 Å². The average Bonchev–Trinajstić information content (AvgIpc) is 3.89. The molecule has 0 aliphatic carbocycles. The topological polar surface area (TPSA) is 214 Å². The van der Waals surface area contributed by atoms with E-state index in [0.29, 0.717) is 82.3 Å². The van der Waals surface area contributed by atoms with Crippen LogP contribution in [0.15, 0.2) is 67.0 Å². The highest BCUT2D eigenvalue weighted by Gasteiger charge is 2.57. The second kappa shape index (κ2) is 24.6.